The zero-order valence-corrected chi connectivity index (χ0v) is 13.4. The first-order chi connectivity index (χ1) is 12.2. The van der Waals surface area contributed by atoms with Gasteiger partial charge >= 0.3 is 11.9 Å². The Kier molecular flexibility index (Phi) is 6.86. The molecule has 0 aliphatic rings. The molecule has 0 bridgehead atoms. The summed E-state index contributed by atoms with van der Waals surface area (Å²) >= 11 is 0. The van der Waals surface area contributed by atoms with E-state index in [9.17, 15) is 19.5 Å². The second-order valence-electron chi connectivity index (χ2n) is 5.20. The molecule has 0 saturated carbocycles. The fraction of sp³-hybridized carbons (Fsp3) is 0.211. The molecule has 0 saturated heterocycles. The summed E-state index contributed by atoms with van der Waals surface area (Å²) in [5.41, 5.74) is 0.588. The van der Waals surface area contributed by atoms with Gasteiger partial charge in [-0.3, -0.25) is 0 Å². The molecule has 0 amide bonds. The second kappa shape index (κ2) is 9.34. The summed E-state index contributed by atoms with van der Waals surface area (Å²) in [7, 11) is 0. The van der Waals surface area contributed by atoms with Crippen LogP contribution in [-0.2, 0) is 14.3 Å². The molecule has 25 heavy (non-hydrogen) atoms. The number of hydrogen-bond donors (Lipinski definition) is 1. The van der Waals surface area contributed by atoms with Crippen molar-refractivity contribution in [2.75, 3.05) is 6.61 Å². The number of aliphatic hydroxyl groups excluding tert-OH is 1. The summed E-state index contributed by atoms with van der Waals surface area (Å²) in [6.45, 7) is -0.584. The SMILES string of the molecule is O=CC[C@@H](OC(=O)c1ccccc1)[C@@H](CO)OC(=O)c1ccccc1. The normalized spacial score (nSPS) is 12.7. The van der Waals surface area contributed by atoms with E-state index in [1.54, 1.807) is 60.7 Å². The first-order valence-electron chi connectivity index (χ1n) is 7.72. The molecule has 2 rings (SSSR count). The standard InChI is InChI=1S/C19H18O6/c20-12-11-16(24-18(22)14-7-3-1-4-8-14)17(13-21)25-19(23)15-9-5-2-6-10-15/h1-10,12,16-17,21H,11,13H2/t16-,17-/m1/s1. The first-order valence-corrected chi connectivity index (χ1v) is 7.72. The zero-order chi connectivity index (χ0) is 18.1. The van der Waals surface area contributed by atoms with Crippen molar-refractivity contribution in [3.05, 3.63) is 71.8 Å². The van der Waals surface area contributed by atoms with Crippen LogP contribution in [0.1, 0.15) is 27.1 Å². The lowest BCUT2D eigenvalue weighted by atomic mass is 10.1. The molecular formula is C19H18O6. The Balaban J connectivity index is 2.08. The molecule has 0 heterocycles. The van der Waals surface area contributed by atoms with Crippen LogP contribution in [0.3, 0.4) is 0 Å². The van der Waals surface area contributed by atoms with Gasteiger partial charge in [-0.2, -0.15) is 0 Å². The van der Waals surface area contributed by atoms with E-state index in [2.05, 4.69) is 0 Å². The van der Waals surface area contributed by atoms with E-state index in [1.807, 2.05) is 0 Å². The van der Waals surface area contributed by atoms with E-state index in [0.717, 1.165) is 0 Å². The van der Waals surface area contributed by atoms with Crippen molar-refractivity contribution in [2.45, 2.75) is 18.6 Å². The lowest BCUT2D eigenvalue weighted by Crippen LogP contribution is -2.38. The summed E-state index contributed by atoms with van der Waals surface area (Å²) in [5, 5.41) is 9.52. The first kappa shape index (κ1) is 18.4. The Hall–Kier alpha value is -2.99. The number of carbonyl (C=O) groups is 3. The van der Waals surface area contributed by atoms with Crippen molar-refractivity contribution >= 4 is 18.2 Å². The third kappa shape index (κ3) is 5.26. The van der Waals surface area contributed by atoms with Gasteiger partial charge in [0.15, 0.2) is 6.10 Å². The molecule has 2 atom stereocenters. The highest BCUT2D eigenvalue weighted by molar-refractivity contribution is 5.90. The highest BCUT2D eigenvalue weighted by Gasteiger charge is 2.29. The smallest absolute Gasteiger partial charge is 0.338 e. The topological polar surface area (TPSA) is 89.9 Å². The van der Waals surface area contributed by atoms with E-state index < -0.39 is 30.8 Å². The van der Waals surface area contributed by atoms with Crippen molar-refractivity contribution in [3.8, 4) is 0 Å². The molecule has 6 heteroatoms. The largest absolute Gasteiger partial charge is 0.454 e. The molecule has 0 aliphatic heterocycles. The Labute approximate surface area is 145 Å². The molecule has 0 radical (unpaired) electrons. The van der Waals surface area contributed by atoms with Gasteiger partial charge in [-0.1, -0.05) is 36.4 Å². The van der Waals surface area contributed by atoms with Crippen LogP contribution >= 0.6 is 0 Å². The quantitative estimate of drug-likeness (QED) is 0.583. The minimum atomic E-state index is -1.15. The van der Waals surface area contributed by atoms with Gasteiger partial charge in [-0.15, -0.1) is 0 Å². The summed E-state index contributed by atoms with van der Waals surface area (Å²) in [6.07, 6.45) is -1.89. The predicted molar refractivity (Wildman–Crippen MR) is 89.1 cm³/mol. The second-order valence-corrected chi connectivity index (χ2v) is 5.20. The minimum absolute atomic E-state index is 0.203. The molecule has 1 N–H and O–H groups in total. The summed E-state index contributed by atoms with van der Waals surface area (Å²) in [6, 6.07) is 16.4. The monoisotopic (exact) mass is 342 g/mol. The highest BCUT2D eigenvalue weighted by atomic mass is 16.6. The average molecular weight is 342 g/mol. The molecule has 6 nitrogen and oxygen atoms in total. The molecule has 0 fully saturated rings. The Morgan fingerprint density at radius 2 is 1.28 bits per heavy atom. The molecule has 0 unspecified atom stereocenters. The van der Waals surface area contributed by atoms with E-state index in [4.69, 9.17) is 9.47 Å². The number of hydrogen-bond acceptors (Lipinski definition) is 6. The average Bonchev–Trinajstić information content (AvgIpc) is 2.67. The van der Waals surface area contributed by atoms with Gasteiger partial charge in [0.2, 0.25) is 0 Å². The Bertz CT molecular complexity index is 698. The lowest BCUT2D eigenvalue weighted by Gasteiger charge is -2.24. The molecule has 0 spiro atoms. The number of benzene rings is 2. The zero-order valence-electron chi connectivity index (χ0n) is 13.4. The number of esters is 2. The summed E-state index contributed by atoms with van der Waals surface area (Å²) in [5.74, 6) is -1.34. The van der Waals surface area contributed by atoms with Gasteiger partial charge in [0, 0.05) is 6.42 Å². The fourth-order valence-corrected chi connectivity index (χ4v) is 2.16. The van der Waals surface area contributed by atoms with Crippen LogP contribution in [0, 0.1) is 0 Å². The van der Waals surface area contributed by atoms with Gasteiger partial charge in [0.25, 0.3) is 0 Å². The van der Waals surface area contributed by atoms with E-state index in [1.165, 1.54) is 0 Å². The van der Waals surface area contributed by atoms with Crippen LogP contribution in [0.4, 0.5) is 0 Å². The van der Waals surface area contributed by atoms with E-state index in [0.29, 0.717) is 17.4 Å². The van der Waals surface area contributed by atoms with Gasteiger partial charge in [0.1, 0.15) is 12.4 Å². The van der Waals surface area contributed by atoms with Crippen molar-refractivity contribution in [3.63, 3.8) is 0 Å². The maximum atomic E-state index is 12.1. The lowest BCUT2D eigenvalue weighted by molar-refractivity contribution is -0.112. The van der Waals surface area contributed by atoms with Crippen LogP contribution in [0.15, 0.2) is 60.7 Å². The molecular weight excluding hydrogens is 324 g/mol. The van der Waals surface area contributed by atoms with Crippen LogP contribution in [0.2, 0.25) is 0 Å². The third-order valence-corrected chi connectivity index (χ3v) is 3.46. The van der Waals surface area contributed by atoms with Crippen molar-refractivity contribution in [1.82, 2.24) is 0 Å². The van der Waals surface area contributed by atoms with E-state index >= 15 is 0 Å². The number of ether oxygens (including phenoxy) is 2. The van der Waals surface area contributed by atoms with E-state index in [-0.39, 0.29) is 6.42 Å². The van der Waals surface area contributed by atoms with Crippen LogP contribution in [0.25, 0.3) is 0 Å². The molecule has 0 aromatic heterocycles. The van der Waals surface area contributed by atoms with Crippen LogP contribution in [0.5, 0.6) is 0 Å². The molecule has 0 aliphatic carbocycles. The molecule has 2 aromatic rings. The maximum absolute atomic E-state index is 12.1. The van der Waals surface area contributed by atoms with Gasteiger partial charge in [-0.05, 0) is 24.3 Å². The van der Waals surface area contributed by atoms with Crippen LogP contribution < -0.4 is 0 Å². The Morgan fingerprint density at radius 1 is 0.840 bits per heavy atom. The number of carbonyl (C=O) groups excluding carboxylic acids is 3. The van der Waals surface area contributed by atoms with Gasteiger partial charge < -0.3 is 19.4 Å². The van der Waals surface area contributed by atoms with Crippen molar-refractivity contribution in [1.29, 1.82) is 0 Å². The van der Waals surface area contributed by atoms with Gasteiger partial charge in [-0.25, -0.2) is 9.59 Å². The highest BCUT2D eigenvalue weighted by Crippen LogP contribution is 2.14. The minimum Gasteiger partial charge on any atom is -0.454 e. The van der Waals surface area contributed by atoms with Crippen molar-refractivity contribution < 1.29 is 29.0 Å². The number of aldehydes is 1. The predicted octanol–water partition coefficient (Wildman–Crippen LogP) is 2.02. The van der Waals surface area contributed by atoms with Crippen molar-refractivity contribution in [2.24, 2.45) is 0 Å². The Morgan fingerprint density at radius 3 is 1.68 bits per heavy atom. The van der Waals surface area contributed by atoms with Gasteiger partial charge in [0.05, 0.1) is 17.7 Å². The maximum Gasteiger partial charge on any atom is 0.338 e. The number of rotatable bonds is 8. The summed E-state index contributed by atoms with van der Waals surface area (Å²) in [4.78, 5) is 35.2. The molecule has 130 valence electrons. The summed E-state index contributed by atoms with van der Waals surface area (Å²) < 4.78 is 10.5. The number of aliphatic hydroxyl groups is 1. The third-order valence-electron chi connectivity index (χ3n) is 3.46. The van der Waals surface area contributed by atoms with Crippen LogP contribution in [-0.4, -0.2) is 42.1 Å². The molecule has 2 aromatic carbocycles. The fourth-order valence-electron chi connectivity index (χ4n) is 2.16.